The summed E-state index contributed by atoms with van der Waals surface area (Å²) in [4.78, 5) is 25.5. The van der Waals surface area contributed by atoms with E-state index in [1.54, 1.807) is 18.2 Å². The monoisotopic (exact) mass is 418 g/mol. The van der Waals surface area contributed by atoms with E-state index in [1.807, 2.05) is 0 Å². The highest BCUT2D eigenvalue weighted by molar-refractivity contribution is 6.42. The zero-order chi connectivity index (χ0) is 20.2. The minimum Gasteiger partial charge on any atom is -0.343 e. The lowest BCUT2D eigenvalue weighted by molar-refractivity contribution is -0.137. The number of halogens is 5. The van der Waals surface area contributed by atoms with E-state index >= 15 is 0 Å². The van der Waals surface area contributed by atoms with Crippen molar-refractivity contribution in [2.45, 2.75) is 12.7 Å². The first-order chi connectivity index (χ1) is 12.6. The van der Waals surface area contributed by atoms with Gasteiger partial charge in [0.05, 0.1) is 22.2 Å². The molecule has 0 radical (unpaired) electrons. The van der Waals surface area contributed by atoms with Crippen LogP contribution in [0.2, 0.25) is 10.0 Å². The number of hydrogen-bond donors (Lipinski definition) is 1. The number of likely N-dealkylation sites (N-methyl/N-ethyl adjacent to an activating group) is 1. The van der Waals surface area contributed by atoms with Crippen LogP contribution in [0.3, 0.4) is 0 Å². The molecule has 0 aliphatic rings. The molecule has 27 heavy (non-hydrogen) atoms. The average molecular weight is 419 g/mol. The highest BCUT2D eigenvalue weighted by Gasteiger charge is 2.30. The van der Waals surface area contributed by atoms with Crippen LogP contribution < -0.4 is 5.32 Å². The first kappa shape index (κ1) is 21.1. The Bertz CT molecular complexity index is 839. The van der Waals surface area contributed by atoms with Gasteiger partial charge in [-0.2, -0.15) is 13.2 Å². The summed E-state index contributed by atoms with van der Waals surface area (Å²) in [6.45, 7) is -0.122. The summed E-state index contributed by atoms with van der Waals surface area (Å²) in [5.41, 5.74) is -0.182. The van der Waals surface area contributed by atoms with Gasteiger partial charge in [-0.25, -0.2) is 0 Å². The molecule has 4 nitrogen and oxygen atoms in total. The molecule has 0 bridgehead atoms. The molecule has 2 amide bonds. The van der Waals surface area contributed by atoms with Gasteiger partial charge in [0.2, 0.25) is 5.91 Å². The largest absolute Gasteiger partial charge is 0.416 e. The maximum Gasteiger partial charge on any atom is 0.416 e. The van der Waals surface area contributed by atoms with Crippen molar-refractivity contribution in [3.8, 4) is 0 Å². The fraction of sp³-hybridized carbons (Fsp3) is 0.222. The summed E-state index contributed by atoms with van der Waals surface area (Å²) in [6.07, 6.45) is -4.48. The number of alkyl halides is 3. The summed E-state index contributed by atoms with van der Waals surface area (Å²) in [6, 6.07) is 8.77. The molecule has 144 valence electrons. The molecular weight excluding hydrogens is 404 g/mol. The van der Waals surface area contributed by atoms with Crippen molar-refractivity contribution in [3.63, 3.8) is 0 Å². The van der Waals surface area contributed by atoms with Crippen LogP contribution in [0.4, 0.5) is 13.2 Å². The van der Waals surface area contributed by atoms with Gasteiger partial charge in [0.1, 0.15) is 0 Å². The van der Waals surface area contributed by atoms with Crippen LogP contribution in [-0.4, -0.2) is 30.3 Å². The smallest absolute Gasteiger partial charge is 0.343 e. The van der Waals surface area contributed by atoms with Gasteiger partial charge >= 0.3 is 6.18 Å². The Kier molecular flexibility index (Phi) is 6.73. The number of nitrogens with zero attached hydrogens (tertiary/aromatic N) is 1. The number of rotatable bonds is 5. The van der Waals surface area contributed by atoms with E-state index in [0.717, 1.165) is 24.3 Å². The van der Waals surface area contributed by atoms with Crippen molar-refractivity contribution in [1.29, 1.82) is 0 Å². The first-order valence-corrected chi connectivity index (χ1v) is 8.47. The molecule has 0 aliphatic heterocycles. The van der Waals surface area contributed by atoms with E-state index in [1.165, 1.54) is 11.9 Å². The van der Waals surface area contributed by atoms with Gasteiger partial charge < -0.3 is 10.2 Å². The maximum absolute atomic E-state index is 12.5. The molecule has 2 rings (SSSR count). The van der Waals surface area contributed by atoms with Crippen LogP contribution >= 0.6 is 23.2 Å². The number of amides is 2. The van der Waals surface area contributed by atoms with E-state index in [4.69, 9.17) is 23.2 Å². The molecule has 1 N–H and O–H groups in total. The second-order valence-electron chi connectivity index (χ2n) is 5.72. The number of hydrogen-bond acceptors (Lipinski definition) is 2. The lowest BCUT2D eigenvalue weighted by Gasteiger charge is -2.18. The first-order valence-electron chi connectivity index (χ1n) is 7.72. The molecule has 0 aromatic heterocycles. The van der Waals surface area contributed by atoms with Crippen molar-refractivity contribution in [1.82, 2.24) is 10.2 Å². The van der Waals surface area contributed by atoms with Gasteiger partial charge in [-0.3, -0.25) is 9.59 Å². The van der Waals surface area contributed by atoms with Crippen LogP contribution in [-0.2, 0) is 17.5 Å². The summed E-state index contributed by atoms with van der Waals surface area (Å²) in [5.74, 6) is -1.04. The van der Waals surface area contributed by atoms with E-state index < -0.39 is 23.6 Å². The second-order valence-corrected chi connectivity index (χ2v) is 6.51. The Morgan fingerprint density at radius 2 is 1.70 bits per heavy atom. The van der Waals surface area contributed by atoms with Gasteiger partial charge in [0.25, 0.3) is 5.91 Å². The third kappa shape index (κ3) is 5.61. The van der Waals surface area contributed by atoms with Crippen molar-refractivity contribution in [3.05, 3.63) is 69.2 Å². The molecule has 2 aromatic rings. The fourth-order valence-corrected chi connectivity index (χ4v) is 2.60. The third-order valence-corrected chi connectivity index (χ3v) is 4.60. The van der Waals surface area contributed by atoms with Crippen molar-refractivity contribution in [2.24, 2.45) is 0 Å². The number of carbonyl (C=O) groups excluding carboxylic acids is 2. The van der Waals surface area contributed by atoms with Crippen LogP contribution in [0.1, 0.15) is 21.5 Å². The highest BCUT2D eigenvalue weighted by Crippen LogP contribution is 2.29. The SMILES string of the molecule is CN(Cc1cccc(Cl)c1Cl)C(=O)CNC(=O)c1ccc(C(F)(F)F)cc1. The third-order valence-electron chi connectivity index (χ3n) is 3.74. The van der Waals surface area contributed by atoms with Gasteiger partial charge in [0.15, 0.2) is 0 Å². The summed E-state index contributed by atoms with van der Waals surface area (Å²) >= 11 is 12.0. The van der Waals surface area contributed by atoms with Crippen LogP contribution in [0.15, 0.2) is 42.5 Å². The van der Waals surface area contributed by atoms with Crippen molar-refractivity contribution < 1.29 is 22.8 Å². The predicted molar refractivity (Wildman–Crippen MR) is 96.7 cm³/mol. The Balaban J connectivity index is 1.92. The molecule has 0 aliphatic carbocycles. The molecule has 0 atom stereocenters. The fourth-order valence-electron chi connectivity index (χ4n) is 2.22. The van der Waals surface area contributed by atoms with Gasteiger partial charge in [-0.1, -0.05) is 35.3 Å². The molecule has 0 saturated heterocycles. The number of nitrogens with one attached hydrogen (secondary N) is 1. The molecule has 2 aromatic carbocycles. The van der Waals surface area contributed by atoms with Crippen LogP contribution in [0.5, 0.6) is 0 Å². The minimum absolute atomic E-state index is 0.0244. The number of carbonyl (C=O) groups is 2. The van der Waals surface area contributed by atoms with E-state index in [0.29, 0.717) is 15.6 Å². The molecule has 0 spiro atoms. The minimum atomic E-state index is -4.48. The van der Waals surface area contributed by atoms with E-state index in [2.05, 4.69) is 5.32 Å². The quantitative estimate of drug-likeness (QED) is 0.781. The normalized spacial score (nSPS) is 11.2. The van der Waals surface area contributed by atoms with Gasteiger partial charge in [-0.05, 0) is 35.9 Å². The molecule has 0 heterocycles. The van der Waals surface area contributed by atoms with Crippen LogP contribution in [0, 0.1) is 0 Å². The van der Waals surface area contributed by atoms with Gasteiger partial charge in [-0.15, -0.1) is 0 Å². The Hall–Kier alpha value is -2.25. The lowest BCUT2D eigenvalue weighted by Crippen LogP contribution is -2.37. The maximum atomic E-state index is 12.5. The molecule has 9 heteroatoms. The summed E-state index contributed by atoms with van der Waals surface area (Å²) < 4.78 is 37.6. The standard InChI is InChI=1S/C18H15Cl2F3N2O2/c1-25(10-12-3-2-4-14(19)16(12)20)15(26)9-24-17(27)11-5-7-13(8-6-11)18(21,22)23/h2-8H,9-10H2,1H3,(H,24,27). The van der Waals surface area contributed by atoms with E-state index in [-0.39, 0.29) is 18.7 Å². The second kappa shape index (κ2) is 8.63. The average Bonchev–Trinajstić information content (AvgIpc) is 2.62. The van der Waals surface area contributed by atoms with Gasteiger partial charge in [0, 0.05) is 19.2 Å². The zero-order valence-corrected chi connectivity index (χ0v) is 15.6. The van der Waals surface area contributed by atoms with E-state index in [9.17, 15) is 22.8 Å². The summed E-state index contributed by atoms with van der Waals surface area (Å²) in [5, 5.41) is 3.09. The molecular formula is C18H15Cl2F3N2O2. The Morgan fingerprint density at radius 1 is 1.07 bits per heavy atom. The lowest BCUT2D eigenvalue weighted by atomic mass is 10.1. The molecule has 0 unspecified atom stereocenters. The number of benzene rings is 2. The molecule has 0 saturated carbocycles. The molecule has 0 fully saturated rings. The zero-order valence-electron chi connectivity index (χ0n) is 14.1. The summed E-state index contributed by atoms with van der Waals surface area (Å²) in [7, 11) is 1.53. The van der Waals surface area contributed by atoms with Crippen molar-refractivity contribution in [2.75, 3.05) is 13.6 Å². The van der Waals surface area contributed by atoms with Crippen LogP contribution in [0.25, 0.3) is 0 Å². The topological polar surface area (TPSA) is 49.4 Å². The predicted octanol–water partition coefficient (Wildman–Crippen LogP) is 4.40. The highest BCUT2D eigenvalue weighted by atomic mass is 35.5. The Morgan fingerprint density at radius 3 is 2.30 bits per heavy atom. The van der Waals surface area contributed by atoms with Crippen molar-refractivity contribution >= 4 is 35.0 Å². The Labute approximate surface area is 163 Å².